The number of aromatic nitrogens is 3. The minimum atomic E-state index is 0. The average Bonchev–Trinajstić information content (AvgIpc) is 3.19. The molecule has 1 aromatic heterocycles. The predicted octanol–water partition coefficient (Wildman–Crippen LogP) is 3.65. The summed E-state index contributed by atoms with van der Waals surface area (Å²) in [5, 5.41) is 13.5. The van der Waals surface area contributed by atoms with Crippen LogP contribution in [0.4, 0.5) is 0 Å². The van der Waals surface area contributed by atoms with Gasteiger partial charge in [-0.1, -0.05) is 48.0 Å². The highest BCUT2D eigenvalue weighted by Crippen LogP contribution is 2.15. The Hall–Kier alpha value is -2.42. The Morgan fingerprint density at radius 2 is 1.89 bits per heavy atom. The molecule has 0 fully saturated rings. The molecule has 3 N–H and O–H groups in total. The lowest BCUT2D eigenvalue weighted by atomic mass is 10.1. The van der Waals surface area contributed by atoms with Gasteiger partial charge in [0.1, 0.15) is 6.33 Å². The molecule has 0 unspecified atom stereocenters. The van der Waals surface area contributed by atoms with Crippen molar-refractivity contribution in [1.82, 2.24) is 25.8 Å². The first-order valence-corrected chi connectivity index (χ1v) is 8.77. The van der Waals surface area contributed by atoms with E-state index in [1.54, 1.807) is 0 Å². The first-order chi connectivity index (χ1) is 12.7. The lowest BCUT2D eigenvalue weighted by Crippen LogP contribution is -2.36. The number of H-pyrrole nitrogens is 1. The standard InChI is InChI=1S/C20H24N6.HI/c1-3-21-20(22-12-16-7-4-6-15(2)10-16)23-13-17-8-5-9-18(11-17)19-24-14-25-26-19;/h4-11,14H,3,12-13H2,1-2H3,(H2,21,22,23)(H,24,25,26);1H. The van der Waals surface area contributed by atoms with Crippen LogP contribution in [-0.4, -0.2) is 27.7 Å². The third kappa shape index (κ3) is 6.35. The summed E-state index contributed by atoms with van der Waals surface area (Å²) in [5.41, 5.74) is 4.62. The van der Waals surface area contributed by atoms with E-state index in [-0.39, 0.29) is 24.0 Å². The zero-order chi connectivity index (χ0) is 18.2. The number of aryl methyl sites for hydroxylation is 1. The maximum atomic E-state index is 4.68. The molecule has 2 aromatic carbocycles. The Morgan fingerprint density at radius 3 is 2.63 bits per heavy atom. The number of hydrogen-bond acceptors (Lipinski definition) is 3. The van der Waals surface area contributed by atoms with Gasteiger partial charge in [-0.3, -0.25) is 5.10 Å². The number of benzene rings is 2. The second-order valence-corrected chi connectivity index (χ2v) is 6.07. The quantitative estimate of drug-likeness (QED) is 0.288. The summed E-state index contributed by atoms with van der Waals surface area (Å²) < 4.78 is 0. The fourth-order valence-corrected chi connectivity index (χ4v) is 2.68. The van der Waals surface area contributed by atoms with Crippen LogP contribution in [0.5, 0.6) is 0 Å². The van der Waals surface area contributed by atoms with Crippen LogP contribution in [0, 0.1) is 6.92 Å². The van der Waals surface area contributed by atoms with Gasteiger partial charge in [0, 0.05) is 18.7 Å². The highest BCUT2D eigenvalue weighted by molar-refractivity contribution is 14.0. The molecule has 0 radical (unpaired) electrons. The Kier molecular flexibility index (Phi) is 8.25. The van der Waals surface area contributed by atoms with Gasteiger partial charge in [0.15, 0.2) is 11.8 Å². The molecule has 6 nitrogen and oxygen atoms in total. The molecule has 27 heavy (non-hydrogen) atoms. The van der Waals surface area contributed by atoms with E-state index in [0.717, 1.165) is 29.5 Å². The Morgan fingerprint density at radius 1 is 1.07 bits per heavy atom. The molecule has 142 valence electrons. The number of aromatic amines is 1. The maximum absolute atomic E-state index is 4.68. The smallest absolute Gasteiger partial charge is 0.191 e. The van der Waals surface area contributed by atoms with E-state index in [1.807, 2.05) is 12.1 Å². The van der Waals surface area contributed by atoms with Gasteiger partial charge in [-0.15, -0.1) is 24.0 Å². The van der Waals surface area contributed by atoms with Crippen LogP contribution in [0.2, 0.25) is 0 Å². The first kappa shape index (κ1) is 20.9. The highest BCUT2D eigenvalue weighted by atomic mass is 127. The molecule has 0 bridgehead atoms. The van der Waals surface area contributed by atoms with Crippen molar-refractivity contribution < 1.29 is 0 Å². The normalized spacial score (nSPS) is 11.0. The van der Waals surface area contributed by atoms with E-state index in [1.165, 1.54) is 17.5 Å². The molecule has 0 atom stereocenters. The van der Waals surface area contributed by atoms with Crippen molar-refractivity contribution in [2.75, 3.05) is 6.54 Å². The summed E-state index contributed by atoms with van der Waals surface area (Å²) in [6.07, 6.45) is 1.52. The number of halogens is 1. The minimum Gasteiger partial charge on any atom is -0.357 e. The van der Waals surface area contributed by atoms with E-state index in [0.29, 0.717) is 13.1 Å². The lowest BCUT2D eigenvalue weighted by molar-refractivity contribution is 0.816. The van der Waals surface area contributed by atoms with Crippen molar-refractivity contribution in [3.8, 4) is 11.4 Å². The summed E-state index contributed by atoms with van der Waals surface area (Å²) in [6.45, 7) is 6.31. The Bertz CT molecular complexity index is 860. The minimum absolute atomic E-state index is 0. The van der Waals surface area contributed by atoms with Gasteiger partial charge in [-0.05, 0) is 31.0 Å². The van der Waals surface area contributed by atoms with Gasteiger partial charge in [0.25, 0.3) is 0 Å². The Labute approximate surface area is 176 Å². The summed E-state index contributed by atoms with van der Waals surface area (Å²) in [4.78, 5) is 8.88. The van der Waals surface area contributed by atoms with Gasteiger partial charge in [0.2, 0.25) is 0 Å². The first-order valence-electron chi connectivity index (χ1n) is 8.77. The SMILES string of the molecule is CCNC(=NCc1cccc(C)c1)NCc1cccc(-c2ncn[nH]2)c1.I. The van der Waals surface area contributed by atoms with E-state index < -0.39 is 0 Å². The molecule has 1 heterocycles. The average molecular weight is 476 g/mol. The van der Waals surface area contributed by atoms with Gasteiger partial charge in [-0.25, -0.2) is 9.98 Å². The molecular formula is C20H25IN6. The Balaban J connectivity index is 0.00000261. The zero-order valence-electron chi connectivity index (χ0n) is 15.6. The third-order valence-electron chi connectivity index (χ3n) is 3.92. The lowest BCUT2D eigenvalue weighted by Gasteiger charge is -2.12. The molecule has 0 saturated carbocycles. The number of nitrogens with one attached hydrogen (secondary N) is 3. The fraction of sp³-hybridized carbons (Fsp3) is 0.250. The third-order valence-corrected chi connectivity index (χ3v) is 3.92. The second kappa shape index (κ2) is 10.7. The number of hydrogen-bond donors (Lipinski definition) is 3. The van der Waals surface area contributed by atoms with Crippen molar-refractivity contribution in [3.63, 3.8) is 0 Å². The van der Waals surface area contributed by atoms with Crippen molar-refractivity contribution in [3.05, 3.63) is 71.5 Å². The van der Waals surface area contributed by atoms with Crippen LogP contribution < -0.4 is 10.6 Å². The molecule has 3 aromatic rings. The largest absolute Gasteiger partial charge is 0.357 e. The van der Waals surface area contributed by atoms with E-state index >= 15 is 0 Å². The van der Waals surface area contributed by atoms with Crippen LogP contribution in [0.3, 0.4) is 0 Å². The van der Waals surface area contributed by atoms with Crippen LogP contribution in [0.25, 0.3) is 11.4 Å². The molecule has 7 heteroatoms. The van der Waals surface area contributed by atoms with Gasteiger partial charge < -0.3 is 10.6 Å². The molecule has 0 aliphatic heterocycles. The molecule has 0 spiro atoms. The van der Waals surface area contributed by atoms with Crippen molar-refractivity contribution in [2.45, 2.75) is 26.9 Å². The van der Waals surface area contributed by atoms with Crippen LogP contribution >= 0.6 is 24.0 Å². The van der Waals surface area contributed by atoms with Crippen LogP contribution in [0.15, 0.2) is 59.9 Å². The summed E-state index contributed by atoms with van der Waals surface area (Å²) in [7, 11) is 0. The highest BCUT2D eigenvalue weighted by Gasteiger charge is 2.03. The van der Waals surface area contributed by atoms with Gasteiger partial charge in [-0.2, -0.15) is 5.10 Å². The summed E-state index contributed by atoms with van der Waals surface area (Å²) >= 11 is 0. The second-order valence-electron chi connectivity index (χ2n) is 6.07. The molecule has 0 aliphatic carbocycles. The number of guanidine groups is 1. The van der Waals surface area contributed by atoms with Crippen molar-refractivity contribution in [2.24, 2.45) is 4.99 Å². The predicted molar refractivity (Wildman–Crippen MR) is 120 cm³/mol. The van der Waals surface area contributed by atoms with Gasteiger partial charge >= 0.3 is 0 Å². The summed E-state index contributed by atoms with van der Waals surface area (Å²) in [5.74, 6) is 1.57. The van der Waals surface area contributed by atoms with Crippen molar-refractivity contribution in [1.29, 1.82) is 0 Å². The topological polar surface area (TPSA) is 78.0 Å². The van der Waals surface area contributed by atoms with Crippen LogP contribution in [-0.2, 0) is 13.1 Å². The number of nitrogens with zero attached hydrogens (tertiary/aromatic N) is 3. The zero-order valence-corrected chi connectivity index (χ0v) is 17.9. The monoisotopic (exact) mass is 476 g/mol. The molecule has 0 saturated heterocycles. The maximum Gasteiger partial charge on any atom is 0.191 e. The van der Waals surface area contributed by atoms with Crippen molar-refractivity contribution >= 4 is 29.9 Å². The molecular weight excluding hydrogens is 451 g/mol. The fourth-order valence-electron chi connectivity index (χ4n) is 2.68. The van der Waals surface area contributed by atoms with E-state index in [2.05, 4.69) is 81.1 Å². The van der Waals surface area contributed by atoms with E-state index in [9.17, 15) is 0 Å². The molecule has 0 amide bonds. The number of rotatable bonds is 6. The number of aliphatic imine (C=N–C) groups is 1. The summed E-state index contributed by atoms with van der Waals surface area (Å²) in [6, 6.07) is 16.6. The molecule has 0 aliphatic rings. The van der Waals surface area contributed by atoms with E-state index in [4.69, 9.17) is 0 Å². The van der Waals surface area contributed by atoms with Gasteiger partial charge in [0.05, 0.1) is 6.54 Å². The van der Waals surface area contributed by atoms with Crippen LogP contribution in [0.1, 0.15) is 23.6 Å². The molecule has 3 rings (SSSR count).